The highest BCUT2D eigenvalue weighted by Gasteiger charge is 2.42. The molecule has 0 aliphatic carbocycles. The minimum absolute atomic E-state index is 0.0552. The Morgan fingerprint density at radius 2 is 2.12 bits per heavy atom. The number of benzene rings is 1. The van der Waals surface area contributed by atoms with Gasteiger partial charge in [-0.25, -0.2) is 4.79 Å². The fourth-order valence-electron chi connectivity index (χ4n) is 4.16. The Morgan fingerprint density at radius 1 is 1.27 bits per heavy atom. The fourth-order valence-corrected chi connectivity index (χ4v) is 4.16. The van der Waals surface area contributed by atoms with Gasteiger partial charge in [-0.05, 0) is 37.0 Å². The van der Waals surface area contributed by atoms with Crippen molar-refractivity contribution < 1.29 is 19.0 Å². The first-order chi connectivity index (χ1) is 12.6. The van der Waals surface area contributed by atoms with Gasteiger partial charge in [-0.3, -0.25) is 5.10 Å². The zero-order chi connectivity index (χ0) is 17.8. The van der Waals surface area contributed by atoms with E-state index in [2.05, 4.69) is 28.5 Å². The second kappa shape index (κ2) is 5.52. The van der Waals surface area contributed by atoms with Crippen LogP contribution in [0.15, 0.2) is 29.5 Å². The molecule has 4 heterocycles. The average molecular weight is 353 g/mol. The lowest BCUT2D eigenvalue weighted by Crippen LogP contribution is -2.24. The average Bonchev–Trinajstić information content (AvgIpc) is 3.33. The van der Waals surface area contributed by atoms with Gasteiger partial charge in [0.1, 0.15) is 6.61 Å². The summed E-state index contributed by atoms with van der Waals surface area (Å²) >= 11 is 0. The number of aromatic amines is 1. The van der Waals surface area contributed by atoms with E-state index in [1.807, 2.05) is 19.1 Å². The molecule has 2 unspecified atom stereocenters. The molecule has 0 saturated heterocycles. The molecule has 3 aliphatic heterocycles. The summed E-state index contributed by atoms with van der Waals surface area (Å²) < 4.78 is 16.2. The van der Waals surface area contributed by atoms with Crippen LogP contribution in [-0.4, -0.2) is 29.6 Å². The molecule has 1 aromatic heterocycles. The molecular weight excluding hydrogens is 334 g/mol. The maximum Gasteiger partial charge on any atom is 0.336 e. The van der Waals surface area contributed by atoms with Crippen molar-refractivity contribution in [1.29, 1.82) is 0 Å². The first kappa shape index (κ1) is 15.3. The van der Waals surface area contributed by atoms with E-state index in [1.54, 1.807) is 0 Å². The second-order valence-corrected chi connectivity index (χ2v) is 7.05. The van der Waals surface area contributed by atoms with E-state index >= 15 is 0 Å². The third kappa shape index (κ3) is 2.20. The zero-order valence-electron chi connectivity index (χ0n) is 14.6. The number of anilines is 1. The number of rotatable bonds is 3. The number of nitrogens with zero attached hydrogens (tertiary/aromatic N) is 1. The van der Waals surface area contributed by atoms with E-state index in [0.717, 1.165) is 51.8 Å². The smallest absolute Gasteiger partial charge is 0.336 e. The van der Waals surface area contributed by atoms with Gasteiger partial charge in [0.05, 0.1) is 11.3 Å². The van der Waals surface area contributed by atoms with E-state index < -0.39 is 0 Å². The lowest BCUT2D eigenvalue weighted by atomic mass is 9.76. The van der Waals surface area contributed by atoms with Gasteiger partial charge >= 0.3 is 5.97 Å². The Bertz CT molecular complexity index is 946. The van der Waals surface area contributed by atoms with Crippen molar-refractivity contribution in [1.82, 2.24) is 10.2 Å². The number of H-pyrrole nitrogens is 1. The van der Waals surface area contributed by atoms with Crippen LogP contribution in [0.25, 0.3) is 0 Å². The van der Waals surface area contributed by atoms with Gasteiger partial charge in [-0.1, -0.05) is 13.0 Å². The Labute approximate surface area is 150 Å². The second-order valence-electron chi connectivity index (χ2n) is 7.05. The number of ether oxygens (including phenoxy) is 3. The highest BCUT2D eigenvalue weighted by molar-refractivity contribution is 5.96. The molecule has 0 radical (unpaired) electrons. The lowest BCUT2D eigenvalue weighted by molar-refractivity contribution is -0.136. The first-order valence-electron chi connectivity index (χ1n) is 8.72. The van der Waals surface area contributed by atoms with Crippen LogP contribution in [0.3, 0.4) is 0 Å². The van der Waals surface area contributed by atoms with Crippen LogP contribution in [0, 0.1) is 12.8 Å². The molecule has 0 saturated carbocycles. The summed E-state index contributed by atoms with van der Waals surface area (Å²) in [5.41, 5.74) is 4.74. The van der Waals surface area contributed by atoms with Crippen molar-refractivity contribution in [3.63, 3.8) is 0 Å². The molecule has 134 valence electrons. The SMILES string of the molecule is Cc1[nH]nc2c1C(C(C)Cc1ccc3c(c1)OCO3)C1=C(COC1=O)N2. The predicted molar refractivity (Wildman–Crippen MR) is 93.1 cm³/mol. The maximum absolute atomic E-state index is 12.4. The number of carbonyl (C=O) groups excluding carboxylic acids is 1. The molecule has 1 aromatic carbocycles. The molecule has 2 N–H and O–H groups in total. The number of aromatic nitrogens is 2. The summed E-state index contributed by atoms with van der Waals surface area (Å²) in [6.45, 7) is 4.70. The fraction of sp³-hybridized carbons (Fsp3) is 0.368. The molecule has 0 spiro atoms. The quantitative estimate of drug-likeness (QED) is 0.825. The summed E-state index contributed by atoms with van der Waals surface area (Å²) in [6.07, 6.45) is 0.801. The number of cyclic esters (lactones) is 1. The van der Waals surface area contributed by atoms with Gasteiger partial charge in [-0.2, -0.15) is 5.10 Å². The highest BCUT2D eigenvalue weighted by Crippen LogP contribution is 2.46. The van der Waals surface area contributed by atoms with Crippen molar-refractivity contribution in [3.05, 3.63) is 46.3 Å². The van der Waals surface area contributed by atoms with Gasteiger partial charge in [0.2, 0.25) is 6.79 Å². The number of esters is 1. The minimum Gasteiger partial charge on any atom is -0.456 e. The largest absolute Gasteiger partial charge is 0.456 e. The van der Waals surface area contributed by atoms with Crippen molar-refractivity contribution in [3.8, 4) is 11.5 Å². The number of hydrogen-bond donors (Lipinski definition) is 2. The van der Waals surface area contributed by atoms with Crippen LogP contribution >= 0.6 is 0 Å². The Hall–Kier alpha value is -2.96. The number of aryl methyl sites for hydroxylation is 1. The van der Waals surface area contributed by atoms with Gasteiger partial charge < -0.3 is 19.5 Å². The molecule has 2 aromatic rings. The van der Waals surface area contributed by atoms with E-state index in [9.17, 15) is 4.79 Å². The number of fused-ring (bicyclic) bond motifs is 2. The third-order valence-electron chi connectivity index (χ3n) is 5.34. The molecule has 0 amide bonds. The molecule has 3 aliphatic rings. The Balaban J connectivity index is 1.51. The molecule has 0 bridgehead atoms. The number of nitrogens with one attached hydrogen (secondary N) is 2. The van der Waals surface area contributed by atoms with Crippen LogP contribution < -0.4 is 14.8 Å². The van der Waals surface area contributed by atoms with Crippen molar-refractivity contribution in [2.75, 3.05) is 18.7 Å². The van der Waals surface area contributed by atoms with Crippen molar-refractivity contribution in [2.45, 2.75) is 26.2 Å². The summed E-state index contributed by atoms with van der Waals surface area (Å²) in [7, 11) is 0. The lowest BCUT2D eigenvalue weighted by Gasteiger charge is -2.29. The molecule has 7 nitrogen and oxygen atoms in total. The van der Waals surface area contributed by atoms with Gasteiger partial charge in [0.15, 0.2) is 17.3 Å². The van der Waals surface area contributed by atoms with E-state index in [4.69, 9.17) is 14.2 Å². The summed E-state index contributed by atoms with van der Waals surface area (Å²) in [5, 5.41) is 10.6. The number of carbonyl (C=O) groups is 1. The molecule has 7 heteroatoms. The normalized spacial score (nSPS) is 21.2. The summed E-state index contributed by atoms with van der Waals surface area (Å²) in [5.74, 6) is 2.24. The van der Waals surface area contributed by atoms with Crippen LogP contribution in [0.5, 0.6) is 11.5 Å². The van der Waals surface area contributed by atoms with Gasteiger partial charge in [0, 0.05) is 17.2 Å². The topological polar surface area (TPSA) is 85.5 Å². The number of hydrogen-bond acceptors (Lipinski definition) is 6. The van der Waals surface area contributed by atoms with Crippen LogP contribution in [-0.2, 0) is 16.0 Å². The minimum atomic E-state index is -0.235. The van der Waals surface area contributed by atoms with Crippen LogP contribution in [0.4, 0.5) is 5.82 Å². The van der Waals surface area contributed by atoms with Gasteiger partial charge in [-0.15, -0.1) is 0 Å². The van der Waals surface area contributed by atoms with E-state index in [0.29, 0.717) is 0 Å². The van der Waals surface area contributed by atoms with E-state index in [-0.39, 0.29) is 31.2 Å². The monoisotopic (exact) mass is 353 g/mol. The molecule has 26 heavy (non-hydrogen) atoms. The molecule has 0 fully saturated rings. The molecular formula is C19H19N3O4. The maximum atomic E-state index is 12.4. The highest BCUT2D eigenvalue weighted by atomic mass is 16.7. The summed E-state index contributed by atoms with van der Waals surface area (Å²) in [6, 6.07) is 6.01. The predicted octanol–water partition coefficient (Wildman–Crippen LogP) is 2.65. The zero-order valence-corrected chi connectivity index (χ0v) is 14.6. The molecule has 5 rings (SSSR count). The first-order valence-corrected chi connectivity index (χ1v) is 8.72. The summed E-state index contributed by atoms with van der Waals surface area (Å²) in [4.78, 5) is 12.4. The Kier molecular flexibility index (Phi) is 3.25. The van der Waals surface area contributed by atoms with E-state index in [1.165, 1.54) is 0 Å². The van der Waals surface area contributed by atoms with Crippen molar-refractivity contribution >= 4 is 11.8 Å². The Morgan fingerprint density at radius 3 is 3.00 bits per heavy atom. The van der Waals surface area contributed by atoms with Crippen LogP contribution in [0.1, 0.15) is 29.7 Å². The van der Waals surface area contributed by atoms with Crippen molar-refractivity contribution in [2.24, 2.45) is 5.92 Å². The standard InChI is InChI=1S/C19H19N3O4/c1-9(5-11-3-4-13-14(6-11)26-8-25-13)15-16-10(2)21-22-18(16)20-12-7-24-19(23)17(12)15/h3-4,6,9,15H,5,7-8H2,1-2H3,(H2,20,21,22). The van der Waals surface area contributed by atoms with Gasteiger partial charge in [0.25, 0.3) is 0 Å². The third-order valence-corrected chi connectivity index (χ3v) is 5.34. The van der Waals surface area contributed by atoms with Crippen LogP contribution in [0.2, 0.25) is 0 Å². The molecule has 2 atom stereocenters.